The Morgan fingerprint density at radius 2 is 1.87 bits per heavy atom. The molecule has 0 bridgehead atoms. The summed E-state index contributed by atoms with van der Waals surface area (Å²) in [5.41, 5.74) is 0.761. The third-order valence-corrected chi connectivity index (χ3v) is 3.48. The second-order valence-corrected chi connectivity index (χ2v) is 5.07. The molecule has 3 nitrogen and oxygen atoms in total. The molecule has 6 heteroatoms. The number of rotatable bonds is 5. The molecule has 0 radical (unpaired) electrons. The van der Waals surface area contributed by atoms with Crippen LogP contribution < -0.4 is 5.32 Å². The summed E-state index contributed by atoms with van der Waals surface area (Å²) in [5, 5.41) is 3.02. The van der Waals surface area contributed by atoms with E-state index in [0.717, 1.165) is 6.07 Å². The van der Waals surface area contributed by atoms with Crippen molar-refractivity contribution in [1.82, 2.24) is 5.32 Å². The Morgan fingerprint density at radius 3 is 2.48 bits per heavy atom. The third-order valence-electron chi connectivity index (χ3n) is 3.48. The van der Waals surface area contributed by atoms with E-state index in [1.165, 1.54) is 31.4 Å². The summed E-state index contributed by atoms with van der Waals surface area (Å²) in [6.07, 6.45) is 0. The van der Waals surface area contributed by atoms with Gasteiger partial charge >= 0.3 is 5.97 Å². The lowest BCUT2D eigenvalue weighted by molar-refractivity contribution is 0.0595. The first-order valence-corrected chi connectivity index (χ1v) is 6.97. The molecule has 0 heterocycles. The number of carbonyl (C=O) groups excluding carboxylic acids is 1. The molecule has 0 aromatic heterocycles. The van der Waals surface area contributed by atoms with E-state index in [0.29, 0.717) is 11.1 Å². The molecule has 2 aromatic carbocycles. The zero-order chi connectivity index (χ0) is 17.0. The van der Waals surface area contributed by atoms with Crippen molar-refractivity contribution >= 4 is 5.97 Å². The number of ether oxygens (including phenoxy) is 1. The van der Waals surface area contributed by atoms with Gasteiger partial charge in [0.2, 0.25) is 0 Å². The maximum absolute atomic E-state index is 13.8. The van der Waals surface area contributed by atoms with Crippen molar-refractivity contribution in [2.45, 2.75) is 19.5 Å². The predicted molar refractivity (Wildman–Crippen MR) is 79.4 cm³/mol. The molecule has 0 aliphatic heterocycles. The van der Waals surface area contributed by atoms with Crippen molar-refractivity contribution in [2.24, 2.45) is 0 Å². The second kappa shape index (κ2) is 7.28. The van der Waals surface area contributed by atoms with Crippen LogP contribution in [0.4, 0.5) is 13.2 Å². The van der Waals surface area contributed by atoms with Gasteiger partial charge in [-0.15, -0.1) is 0 Å². The van der Waals surface area contributed by atoms with Crippen LogP contribution in [0.15, 0.2) is 36.4 Å². The average Bonchev–Trinajstić information content (AvgIpc) is 2.52. The summed E-state index contributed by atoms with van der Waals surface area (Å²) < 4.78 is 44.9. The first kappa shape index (κ1) is 17.0. The zero-order valence-electron chi connectivity index (χ0n) is 12.7. The van der Waals surface area contributed by atoms with E-state index in [1.807, 2.05) is 0 Å². The lowest BCUT2D eigenvalue weighted by atomic mass is 10.1. The monoisotopic (exact) mass is 323 g/mol. The SMILES string of the molecule is COC(=O)c1ccc(CN[C@@H](C)c2ccc(F)cc2F)cc1F. The van der Waals surface area contributed by atoms with Crippen LogP contribution in [0.25, 0.3) is 0 Å². The Hall–Kier alpha value is -2.34. The van der Waals surface area contributed by atoms with Gasteiger partial charge in [-0.05, 0) is 30.7 Å². The van der Waals surface area contributed by atoms with E-state index in [2.05, 4.69) is 10.1 Å². The second-order valence-electron chi connectivity index (χ2n) is 5.07. The highest BCUT2D eigenvalue weighted by molar-refractivity contribution is 5.89. The van der Waals surface area contributed by atoms with Crippen molar-refractivity contribution in [3.8, 4) is 0 Å². The van der Waals surface area contributed by atoms with Gasteiger partial charge in [0.1, 0.15) is 17.5 Å². The molecule has 0 amide bonds. The van der Waals surface area contributed by atoms with Crippen molar-refractivity contribution in [2.75, 3.05) is 7.11 Å². The molecule has 0 unspecified atom stereocenters. The molecule has 1 N–H and O–H groups in total. The van der Waals surface area contributed by atoms with Gasteiger partial charge in [0.05, 0.1) is 12.7 Å². The van der Waals surface area contributed by atoms with Crippen LogP contribution in [-0.4, -0.2) is 13.1 Å². The van der Waals surface area contributed by atoms with E-state index < -0.39 is 23.4 Å². The smallest absolute Gasteiger partial charge is 0.340 e. The lowest BCUT2D eigenvalue weighted by Gasteiger charge is -2.15. The van der Waals surface area contributed by atoms with Gasteiger partial charge in [0.15, 0.2) is 0 Å². The van der Waals surface area contributed by atoms with Crippen LogP contribution in [-0.2, 0) is 11.3 Å². The number of carbonyl (C=O) groups is 1. The molecule has 0 aliphatic carbocycles. The molecule has 122 valence electrons. The maximum atomic E-state index is 13.8. The first-order chi connectivity index (χ1) is 10.9. The largest absolute Gasteiger partial charge is 0.465 e. The number of nitrogens with one attached hydrogen (secondary N) is 1. The summed E-state index contributed by atoms with van der Waals surface area (Å²) in [5.74, 6) is -2.71. The molecule has 1 atom stereocenters. The topological polar surface area (TPSA) is 38.3 Å². The van der Waals surface area contributed by atoms with Crippen LogP contribution in [0.1, 0.15) is 34.5 Å². The summed E-state index contributed by atoms with van der Waals surface area (Å²) in [7, 11) is 1.18. The molecule has 23 heavy (non-hydrogen) atoms. The molecular formula is C17H16F3NO2. The number of esters is 1. The Bertz CT molecular complexity index is 719. The third kappa shape index (κ3) is 4.10. The van der Waals surface area contributed by atoms with Crippen LogP contribution >= 0.6 is 0 Å². The van der Waals surface area contributed by atoms with Crippen molar-refractivity contribution in [3.05, 3.63) is 70.5 Å². The fourth-order valence-electron chi connectivity index (χ4n) is 2.18. The van der Waals surface area contributed by atoms with Gasteiger partial charge in [-0.25, -0.2) is 18.0 Å². The zero-order valence-corrected chi connectivity index (χ0v) is 12.7. The van der Waals surface area contributed by atoms with Crippen LogP contribution in [0.2, 0.25) is 0 Å². The maximum Gasteiger partial charge on any atom is 0.340 e. The molecular weight excluding hydrogens is 307 g/mol. The quantitative estimate of drug-likeness (QED) is 0.852. The summed E-state index contributed by atoms with van der Waals surface area (Å²) in [4.78, 5) is 11.3. The highest BCUT2D eigenvalue weighted by Gasteiger charge is 2.14. The van der Waals surface area contributed by atoms with E-state index in [9.17, 15) is 18.0 Å². The van der Waals surface area contributed by atoms with E-state index >= 15 is 0 Å². The fourth-order valence-corrected chi connectivity index (χ4v) is 2.18. The highest BCUT2D eigenvalue weighted by Crippen LogP contribution is 2.19. The van der Waals surface area contributed by atoms with Crippen molar-refractivity contribution in [1.29, 1.82) is 0 Å². The number of hydrogen-bond acceptors (Lipinski definition) is 3. The van der Waals surface area contributed by atoms with Crippen molar-refractivity contribution < 1.29 is 22.7 Å². The predicted octanol–water partition coefficient (Wildman–Crippen LogP) is 3.74. The molecule has 2 aromatic rings. The van der Waals surface area contributed by atoms with Crippen LogP contribution in [0, 0.1) is 17.5 Å². The van der Waals surface area contributed by atoms with E-state index in [1.54, 1.807) is 13.0 Å². The van der Waals surface area contributed by atoms with Gasteiger partial charge in [0, 0.05) is 24.2 Å². The van der Waals surface area contributed by atoms with Crippen LogP contribution in [0.3, 0.4) is 0 Å². The Kier molecular flexibility index (Phi) is 5.39. The molecule has 0 spiro atoms. The minimum Gasteiger partial charge on any atom is -0.465 e. The van der Waals surface area contributed by atoms with Gasteiger partial charge < -0.3 is 10.1 Å². The standard InChI is InChI=1S/C17H16F3NO2/c1-10(13-6-4-12(18)8-16(13)20)21-9-11-3-5-14(15(19)7-11)17(22)23-2/h3-8,10,21H,9H2,1-2H3/t10-/m0/s1. The fraction of sp³-hybridized carbons (Fsp3) is 0.235. The summed E-state index contributed by atoms with van der Waals surface area (Å²) in [6.45, 7) is 1.98. The van der Waals surface area contributed by atoms with E-state index in [4.69, 9.17) is 0 Å². The van der Waals surface area contributed by atoms with Gasteiger partial charge in [-0.2, -0.15) is 0 Å². The number of halogens is 3. The lowest BCUT2D eigenvalue weighted by Crippen LogP contribution is -2.19. The average molecular weight is 323 g/mol. The van der Waals surface area contributed by atoms with E-state index in [-0.39, 0.29) is 18.2 Å². The summed E-state index contributed by atoms with van der Waals surface area (Å²) in [6, 6.07) is 7.10. The summed E-state index contributed by atoms with van der Waals surface area (Å²) >= 11 is 0. The van der Waals surface area contributed by atoms with Gasteiger partial charge in [-0.1, -0.05) is 12.1 Å². The minimum atomic E-state index is -0.747. The highest BCUT2D eigenvalue weighted by atomic mass is 19.1. The Labute approximate surface area is 132 Å². The minimum absolute atomic E-state index is 0.145. The molecule has 0 fully saturated rings. The molecule has 0 saturated heterocycles. The normalized spacial score (nSPS) is 12.0. The number of benzene rings is 2. The Morgan fingerprint density at radius 1 is 1.13 bits per heavy atom. The number of hydrogen-bond donors (Lipinski definition) is 1. The molecule has 0 saturated carbocycles. The molecule has 0 aliphatic rings. The van der Waals surface area contributed by atoms with Gasteiger partial charge in [0.25, 0.3) is 0 Å². The van der Waals surface area contributed by atoms with Crippen molar-refractivity contribution in [3.63, 3.8) is 0 Å². The number of methoxy groups -OCH3 is 1. The van der Waals surface area contributed by atoms with Crippen LogP contribution in [0.5, 0.6) is 0 Å². The van der Waals surface area contributed by atoms with Gasteiger partial charge in [-0.3, -0.25) is 0 Å². The first-order valence-electron chi connectivity index (χ1n) is 6.97. The molecule has 2 rings (SSSR count). The Balaban J connectivity index is 2.05.